The number of nitrogens with zero attached hydrogens (tertiary/aromatic N) is 1. The molecule has 28 heavy (non-hydrogen) atoms. The minimum Gasteiger partial charge on any atom is -0.477 e. The van der Waals surface area contributed by atoms with E-state index in [0.29, 0.717) is 13.2 Å². The Morgan fingerprint density at radius 1 is 1.14 bits per heavy atom. The van der Waals surface area contributed by atoms with E-state index in [9.17, 15) is 8.42 Å². The fourth-order valence-electron chi connectivity index (χ4n) is 4.17. The average molecular weight is 421 g/mol. The first-order chi connectivity index (χ1) is 13.5. The Morgan fingerprint density at radius 3 is 2.39 bits per heavy atom. The molecular formula is C19H24N4O3S2. The van der Waals surface area contributed by atoms with Crippen LogP contribution in [-0.4, -0.2) is 32.6 Å². The van der Waals surface area contributed by atoms with Crippen molar-refractivity contribution >= 4 is 38.9 Å². The fourth-order valence-corrected chi connectivity index (χ4v) is 5.54. The maximum atomic E-state index is 12.8. The van der Waals surface area contributed by atoms with Gasteiger partial charge in [-0.1, -0.05) is 6.07 Å². The molecule has 0 saturated carbocycles. The van der Waals surface area contributed by atoms with Gasteiger partial charge < -0.3 is 15.8 Å². The zero-order valence-corrected chi connectivity index (χ0v) is 17.2. The van der Waals surface area contributed by atoms with Gasteiger partial charge in [0.15, 0.2) is 10.0 Å². The molecule has 1 aromatic carbocycles. The second kappa shape index (κ2) is 7.71. The summed E-state index contributed by atoms with van der Waals surface area (Å²) in [4.78, 5) is 3.92. The molecular weight excluding hydrogens is 396 g/mol. The zero-order valence-electron chi connectivity index (χ0n) is 15.6. The molecule has 2 aliphatic carbocycles. The van der Waals surface area contributed by atoms with Crippen LogP contribution in [0, 0.1) is 0 Å². The number of anilines is 1. The lowest BCUT2D eigenvalue weighted by molar-refractivity contribution is 0.284. The van der Waals surface area contributed by atoms with Crippen molar-refractivity contribution in [2.75, 3.05) is 18.5 Å². The highest BCUT2D eigenvalue weighted by Crippen LogP contribution is 2.38. The van der Waals surface area contributed by atoms with Gasteiger partial charge in [0.1, 0.15) is 0 Å². The fraction of sp³-hybridized carbons (Fsp3) is 0.474. The van der Waals surface area contributed by atoms with Gasteiger partial charge in [0.2, 0.25) is 5.90 Å². The van der Waals surface area contributed by atoms with Crippen molar-refractivity contribution in [1.82, 2.24) is 4.72 Å². The molecule has 1 heterocycles. The van der Waals surface area contributed by atoms with Crippen LogP contribution in [0.5, 0.6) is 0 Å². The van der Waals surface area contributed by atoms with Crippen LogP contribution in [0.3, 0.4) is 0 Å². The van der Waals surface area contributed by atoms with Crippen molar-refractivity contribution in [2.24, 2.45) is 10.7 Å². The van der Waals surface area contributed by atoms with Crippen molar-refractivity contribution in [3.8, 4) is 0 Å². The summed E-state index contributed by atoms with van der Waals surface area (Å²) in [5.41, 5.74) is 11.8. The number of benzene rings is 1. The molecule has 0 spiro atoms. The normalized spacial score (nSPS) is 18.7. The maximum absolute atomic E-state index is 12.8. The molecule has 4 rings (SSSR count). The van der Waals surface area contributed by atoms with Crippen molar-refractivity contribution in [3.05, 3.63) is 39.4 Å². The second-order valence-electron chi connectivity index (χ2n) is 7.21. The number of rotatable bonds is 4. The first-order valence-electron chi connectivity index (χ1n) is 9.59. The highest BCUT2D eigenvalue weighted by atomic mass is 32.2. The Morgan fingerprint density at radius 2 is 1.82 bits per heavy atom. The van der Waals surface area contributed by atoms with Crippen molar-refractivity contribution in [3.63, 3.8) is 0 Å². The van der Waals surface area contributed by atoms with Gasteiger partial charge in [0.25, 0.3) is 10.0 Å². The molecule has 0 radical (unpaired) electrons. The van der Waals surface area contributed by atoms with Gasteiger partial charge in [-0.3, -0.25) is 9.71 Å². The molecule has 0 saturated heterocycles. The minimum atomic E-state index is -3.99. The summed E-state index contributed by atoms with van der Waals surface area (Å²) in [6.07, 6.45) is 8.06. The first-order valence-corrected chi connectivity index (χ1v) is 11.5. The number of ether oxygens (including phenoxy) is 1. The van der Waals surface area contributed by atoms with Crippen LogP contribution in [0.15, 0.2) is 22.2 Å². The number of hydrogen-bond acceptors (Lipinski definition) is 6. The standard InChI is InChI=1S/C19H24N4O3S2/c20-11-16(18-21-8-3-9-26-18)28(24,25)23-19(27)22-17-14-6-1-4-12(14)10-13-5-2-7-15(13)17/h10-11H,1-9,20H2,(H2,22,23,27)/b16-11+. The quantitative estimate of drug-likeness (QED) is 0.643. The Hall–Kier alpha value is -2.13. The van der Waals surface area contributed by atoms with E-state index in [4.69, 9.17) is 22.7 Å². The number of hydrogen-bond donors (Lipinski definition) is 3. The number of sulfonamides is 1. The Kier molecular flexibility index (Phi) is 5.29. The third kappa shape index (κ3) is 3.60. The van der Waals surface area contributed by atoms with E-state index < -0.39 is 10.0 Å². The zero-order chi connectivity index (χ0) is 19.7. The average Bonchev–Trinajstić information content (AvgIpc) is 3.31. The van der Waals surface area contributed by atoms with Crippen LogP contribution in [0.1, 0.15) is 41.5 Å². The van der Waals surface area contributed by atoms with E-state index in [1.165, 1.54) is 22.3 Å². The summed E-state index contributed by atoms with van der Waals surface area (Å²) < 4.78 is 33.3. The number of thiocarbonyl (C=S) groups is 1. The Bertz CT molecular complexity index is 951. The van der Waals surface area contributed by atoms with Crippen LogP contribution in [-0.2, 0) is 40.4 Å². The third-order valence-corrected chi connectivity index (χ3v) is 7.08. The summed E-state index contributed by atoms with van der Waals surface area (Å²) in [7, 11) is -3.99. The van der Waals surface area contributed by atoms with E-state index in [-0.39, 0.29) is 15.9 Å². The lowest BCUT2D eigenvalue weighted by atomic mass is 9.99. The topological polar surface area (TPSA) is 106 Å². The SMILES string of the molecule is N/C=C(\C1=NCCCO1)S(=O)(=O)NC(=S)Nc1c2c(cc3c1CCC3)CCC2. The van der Waals surface area contributed by atoms with E-state index in [2.05, 4.69) is 21.1 Å². The largest absolute Gasteiger partial charge is 0.477 e. The smallest absolute Gasteiger partial charge is 0.270 e. The third-order valence-electron chi connectivity index (χ3n) is 5.39. The van der Waals surface area contributed by atoms with Crippen LogP contribution < -0.4 is 15.8 Å². The highest BCUT2D eigenvalue weighted by Gasteiger charge is 2.28. The lowest BCUT2D eigenvalue weighted by Crippen LogP contribution is -2.38. The van der Waals surface area contributed by atoms with Gasteiger partial charge in [0.05, 0.1) is 6.61 Å². The van der Waals surface area contributed by atoms with E-state index in [1.54, 1.807) is 0 Å². The Balaban J connectivity index is 1.56. The van der Waals surface area contributed by atoms with E-state index in [1.807, 2.05) is 0 Å². The van der Waals surface area contributed by atoms with Crippen molar-refractivity contribution in [1.29, 1.82) is 0 Å². The molecule has 1 aromatic rings. The van der Waals surface area contributed by atoms with Crippen LogP contribution >= 0.6 is 12.2 Å². The summed E-state index contributed by atoms with van der Waals surface area (Å²) >= 11 is 5.35. The van der Waals surface area contributed by atoms with Crippen LogP contribution in [0.4, 0.5) is 5.69 Å². The van der Waals surface area contributed by atoms with Gasteiger partial charge in [-0.05, 0) is 73.0 Å². The lowest BCUT2D eigenvalue weighted by Gasteiger charge is -2.20. The Labute approximate surface area is 170 Å². The van der Waals surface area contributed by atoms with Gasteiger partial charge in [0, 0.05) is 24.9 Å². The van der Waals surface area contributed by atoms with Crippen LogP contribution in [0.25, 0.3) is 0 Å². The molecule has 0 fully saturated rings. The summed E-state index contributed by atoms with van der Waals surface area (Å²) in [6.45, 7) is 0.920. The maximum Gasteiger partial charge on any atom is 0.270 e. The van der Waals surface area contributed by atoms with Gasteiger partial charge in [-0.15, -0.1) is 0 Å². The number of nitrogens with one attached hydrogen (secondary N) is 2. The predicted molar refractivity (Wildman–Crippen MR) is 114 cm³/mol. The molecule has 3 aliphatic rings. The minimum absolute atomic E-state index is 0.0326. The molecule has 0 unspecified atom stereocenters. The predicted octanol–water partition coefficient (Wildman–Crippen LogP) is 1.90. The van der Waals surface area contributed by atoms with E-state index >= 15 is 0 Å². The summed E-state index contributed by atoms with van der Waals surface area (Å²) in [5.74, 6) is 0.0329. The molecule has 1 aliphatic heterocycles. The summed E-state index contributed by atoms with van der Waals surface area (Å²) in [5, 5.41) is 3.21. The molecule has 7 nitrogen and oxygen atoms in total. The van der Waals surface area contributed by atoms with Crippen LogP contribution in [0.2, 0.25) is 0 Å². The molecule has 0 amide bonds. The summed E-state index contributed by atoms with van der Waals surface area (Å²) in [6, 6.07) is 2.32. The molecule has 150 valence electrons. The number of aliphatic imine (C=N–C) groups is 1. The molecule has 0 aromatic heterocycles. The second-order valence-corrected chi connectivity index (χ2v) is 9.27. The molecule has 4 N–H and O–H groups in total. The van der Waals surface area contributed by atoms with Gasteiger partial charge in [-0.25, -0.2) is 8.42 Å². The van der Waals surface area contributed by atoms with Crippen molar-refractivity contribution < 1.29 is 13.2 Å². The molecule has 9 heteroatoms. The van der Waals surface area contributed by atoms with Gasteiger partial charge in [-0.2, -0.15) is 0 Å². The number of nitrogens with two attached hydrogens (primary N) is 1. The van der Waals surface area contributed by atoms with E-state index in [0.717, 1.165) is 56.8 Å². The number of aryl methyl sites for hydroxylation is 2. The molecule has 0 atom stereocenters. The monoisotopic (exact) mass is 420 g/mol. The molecule has 0 bridgehead atoms. The highest BCUT2D eigenvalue weighted by molar-refractivity contribution is 7.96. The van der Waals surface area contributed by atoms with Crippen molar-refractivity contribution in [2.45, 2.75) is 44.9 Å². The first kappa shape index (κ1) is 19.2. The van der Waals surface area contributed by atoms with Gasteiger partial charge >= 0.3 is 0 Å². The number of fused-ring (bicyclic) bond motifs is 2.